The van der Waals surface area contributed by atoms with E-state index in [1.54, 1.807) is 6.07 Å². The fourth-order valence-electron chi connectivity index (χ4n) is 3.20. The number of hydrogen-bond donors (Lipinski definition) is 2. The van der Waals surface area contributed by atoms with E-state index in [0.29, 0.717) is 5.75 Å². The van der Waals surface area contributed by atoms with Crippen molar-refractivity contribution in [3.63, 3.8) is 0 Å². The van der Waals surface area contributed by atoms with Crippen LogP contribution in [0.1, 0.15) is 23.1 Å². The maximum Gasteiger partial charge on any atom is 0.115 e. The molecule has 0 radical (unpaired) electrons. The average Bonchev–Trinajstić information content (AvgIpc) is 2.51. The third-order valence-corrected chi connectivity index (χ3v) is 4.38. The first-order chi connectivity index (χ1) is 10.3. The van der Waals surface area contributed by atoms with Gasteiger partial charge in [-0.3, -0.25) is 0 Å². The molecular formula is C19H23NO. The van der Waals surface area contributed by atoms with Gasteiger partial charge in [0.1, 0.15) is 5.75 Å². The molecule has 2 N–H and O–H groups in total. The van der Waals surface area contributed by atoms with Gasteiger partial charge in [-0.2, -0.15) is 0 Å². The van der Waals surface area contributed by atoms with E-state index in [2.05, 4.69) is 35.6 Å². The van der Waals surface area contributed by atoms with E-state index in [0.717, 1.165) is 25.4 Å². The first-order valence-corrected chi connectivity index (χ1v) is 7.86. The number of hydrogen-bond acceptors (Lipinski definition) is 2. The Labute approximate surface area is 126 Å². The topological polar surface area (TPSA) is 32.3 Å². The number of aryl methyl sites for hydroxylation is 1. The van der Waals surface area contributed by atoms with Crippen LogP contribution in [0.15, 0.2) is 48.5 Å². The molecule has 21 heavy (non-hydrogen) atoms. The fourth-order valence-corrected chi connectivity index (χ4v) is 3.20. The third kappa shape index (κ3) is 3.85. The molecule has 1 unspecified atom stereocenters. The van der Waals surface area contributed by atoms with Crippen molar-refractivity contribution in [3.8, 4) is 5.75 Å². The number of phenolic OH excluding ortho intramolecular Hbond substituents is 1. The Balaban J connectivity index is 1.43. The number of aromatic hydroxyl groups is 1. The number of nitrogens with one attached hydrogen (secondary N) is 1. The van der Waals surface area contributed by atoms with Crippen LogP contribution in [0.3, 0.4) is 0 Å². The van der Waals surface area contributed by atoms with Gasteiger partial charge in [-0.1, -0.05) is 36.4 Å². The summed E-state index contributed by atoms with van der Waals surface area (Å²) in [4.78, 5) is 0. The van der Waals surface area contributed by atoms with Crippen molar-refractivity contribution in [2.24, 2.45) is 5.92 Å². The molecule has 0 saturated heterocycles. The summed E-state index contributed by atoms with van der Waals surface area (Å²) in [5, 5.41) is 13.0. The molecule has 110 valence electrons. The Morgan fingerprint density at radius 3 is 2.76 bits per heavy atom. The molecule has 2 aromatic rings. The lowest BCUT2D eigenvalue weighted by atomic mass is 9.84. The van der Waals surface area contributed by atoms with Gasteiger partial charge >= 0.3 is 0 Å². The van der Waals surface area contributed by atoms with Crippen LogP contribution in [0.5, 0.6) is 5.75 Å². The Morgan fingerprint density at radius 2 is 1.90 bits per heavy atom. The summed E-state index contributed by atoms with van der Waals surface area (Å²) in [5.41, 5.74) is 4.26. The smallest absolute Gasteiger partial charge is 0.115 e. The van der Waals surface area contributed by atoms with Crippen molar-refractivity contribution in [3.05, 3.63) is 65.2 Å². The molecule has 0 aliphatic heterocycles. The molecule has 0 bridgehead atoms. The largest absolute Gasteiger partial charge is 0.508 e. The van der Waals surface area contributed by atoms with Crippen molar-refractivity contribution >= 4 is 0 Å². The Morgan fingerprint density at radius 1 is 1.05 bits per heavy atom. The lowest BCUT2D eigenvalue weighted by Crippen LogP contribution is -2.28. The predicted octanol–water partition coefficient (Wildman–Crippen LogP) is 3.33. The van der Waals surface area contributed by atoms with Crippen LogP contribution in [-0.4, -0.2) is 18.2 Å². The Hall–Kier alpha value is -1.80. The Bertz CT molecular complexity index is 594. The molecule has 0 spiro atoms. The van der Waals surface area contributed by atoms with Crippen molar-refractivity contribution < 1.29 is 5.11 Å². The van der Waals surface area contributed by atoms with E-state index in [-0.39, 0.29) is 0 Å². The monoisotopic (exact) mass is 281 g/mol. The maximum atomic E-state index is 9.45. The van der Waals surface area contributed by atoms with Crippen LogP contribution < -0.4 is 5.32 Å². The molecule has 2 heteroatoms. The Kier molecular flexibility index (Phi) is 4.56. The van der Waals surface area contributed by atoms with E-state index in [1.165, 1.54) is 36.0 Å². The molecule has 1 aliphatic carbocycles. The van der Waals surface area contributed by atoms with Gasteiger partial charge in [-0.15, -0.1) is 0 Å². The van der Waals surface area contributed by atoms with Crippen molar-refractivity contribution in [1.29, 1.82) is 0 Å². The zero-order valence-electron chi connectivity index (χ0n) is 12.4. The van der Waals surface area contributed by atoms with E-state index < -0.39 is 0 Å². The zero-order valence-corrected chi connectivity index (χ0v) is 12.4. The molecule has 2 nitrogen and oxygen atoms in total. The normalized spacial score (nSPS) is 17.4. The molecule has 2 aromatic carbocycles. The number of rotatable bonds is 5. The second kappa shape index (κ2) is 6.77. The van der Waals surface area contributed by atoms with Gasteiger partial charge in [0.05, 0.1) is 0 Å². The molecular weight excluding hydrogens is 258 g/mol. The summed E-state index contributed by atoms with van der Waals surface area (Å²) in [7, 11) is 0. The van der Waals surface area contributed by atoms with Crippen LogP contribution in [0.4, 0.5) is 0 Å². The minimum atomic E-state index is 0.358. The number of phenols is 1. The second-order valence-corrected chi connectivity index (χ2v) is 6.00. The first-order valence-electron chi connectivity index (χ1n) is 7.86. The molecule has 1 aliphatic rings. The second-order valence-electron chi connectivity index (χ2n) is 6.00. The summed E-state index contributed by atoms with van der Waals surface area (Å²) < 4.78 is 0. The summed E-state index contributed by atoms with van der Waals surface area (Å²) in [6, 6.07) is 16.4. The van der Waals surface area contributed by atoms with Gasteiger partial charge < -0.3 is 10.4 Å². The van der Waals surface area contributed by atoms with Crippen molar-refractivity contribution in [2.45, 2.75) is 25.7 Å². The summed E-state index contributed by atoms with van der Waals surface area (Å²) >= 11 is 0. The quantitative estimate of drug-likeness (QED) is 0.824. The van der Waals surface area contributed by atoms with Gasteiger partial charge in [0.15, 0.2) is 0 Å². The summed E-state index contributed by atoms with van der Waals surface area (Å²) in [6.45, 7) is 2.06. The molecule has 0 amide bonds. The highest BCUT2D eigenvalue weighted by Crippen LogP contribution is 2.24. The van der Waals surface area contributed by atoms with E-state index in [9.17, 15) is 5.11 Å². The van der Waals surface area contributed by atoms with Crippen LogP contribution >= 0.6 is 0 Å². The van der Waals surface area contributed by atoms with E-state index in [4.69, 9.17) is 0 Å². The summed E-state index contributed by atoms with van der Waals surface area (Å²) in [5.74, 6) is 1.11. The standard InChI is InChI=1S/C19H23NO/c21-19-7-3-4-15(13-19)10-11-20-14-16-8-9-17-5-1-2-6-18(17)12-16/h1-7,13,16,20-21H,8-12,14H2. The highest BCUT2D eigenvalue weighted by atomic mass is 16.3. The molecule has 0 saturated carbocycles. The van der Waals surface area contributed by atoms with Crippen LogP contribution in [0.2, 0.25) is 0 Å². The van der Waals surface area contributed by atoms with Gasteiger partial charge in [0, 0.05) is 0 Å². The van der Waals surface area contributed by atoms with Gasteiger partial charge in [0.25, 0.3) is 0 Å². The predicted molar refractivity (Wildman–Crippen MR) is 86.6 cm³/mol. The zero-order chi connectivity index (χ0) is 14.5. The van der Waals surface area contributed by atoms with Gasteiger partial charge in [-0.05, 0) is 73.5 Å². The van der Waals surface area contributed by atoms with E-state index >= 15 is 0 Å². The van der Waals surface area contributed by atoms with Crippen molar-refractivity contribution in [1.82, 2.24) is 5.32 Å². The molecule has 0 fully saturated rings. The molecule has 3 rings (SSSR count). The fraction of sp³-hybridized carbons (Fsp3) is 0.368. The SMILES string of the molecule is Oc1cccc(CCNCC2CCc3ccccc3C2)c1. The number of benzene rings is 2. The van der Waals surface area contributed by atoms with Crippen LogP contribution in [0, 0.1) is 5.92 Å². The number of fused-ring (bicyclic) bond motifs is 1. The van der Waals surface area contributed by atoms with Crippen LogP contribution in [0.25, 0.3) is 0 Å². The molecule has 0 aromatic heterocycles. The van der Waals surface area contributed by atoms with Gasteiger partial charge in [0.2, 0.25) is 0 Å². The average molecular weight is 281 g/mol. The maximum absolute atomic E-state index is 9.45. The van der Waals surface area contributed by atoms with Gasteiger partial charge in [-0.25, -0.2) is 0 Å². The lowest BCUT2D eigenvalue weighted by molar-refractivity contribution is 0.426. The van der Waals surface area contributed by atoms with Crippen molar-refractivity contribution in [2.75, 3.05) is 13.1 Å². The third-order valence-electron chi connectivity index (χ3n) is 4.38. The first kappa shape index (κ1) is 14.2. The van der Waals surface area contributed by atoms with E-state index in [1.807, 2.05) is 12.1 Å². The molecule has 0 heterocycles. The summed E-state index contributed by atoms with van der Waals surface area (Å²) in [6.07, 6.45) is 4.68. The minimum Gasteiger partial charge on any atom is -0.508 e. The lowest BCUT2D eigenvalue weighted by Gasteiger charge is -2.24. The van der Waals surface area contributed by atoms with Crippen LogP contribution in [-0.2, 0) is 19.3 Å². The molecule has 1 atom stereocenters. The highest BCUT2D eigenvalue weighted by Gasteiger charge is 2.17. The highest BCUT2D eigenvalue weighted by molar-refractivity contribution is 5.30. The minimum absolute atomic E-state index is 0.358.